The second-order valence-corrected chi connectivity index (χ2v) is 6.64. The predicted octanol–water partition coefficient (Wildman–Crippen LogP) is 4.58. The Hall–Kier alpha value is -4.08. The normalized spacial score (nSPS) is 10.9. The van der Waals surface area contributed by atoms with E-state index < -0.39 is 29.1 Å². The third kappa shape index (κ3) is 3.87. The van der Waals surface area contributed by atoms with Gasteiger partial charge >= 0.3 is 0 Å². The van der Waals surface area contributed by atoms with Crippen molar-refractivity contribution in [3.8, 4) is 11.6 Å². The predicted molar refractivity (Wildman–Crippen MR) is 108 cm³/mol. The van der Waals surface area contributed by atoms with Crippen LogP contribution in [0.3, 0.4) is 0 Å². The van der Waals surface area contributed by atoms with Crippen LogP contribution < -0.4 is 15.4 Å². The molecule has 4 rings (SSSR count). The number of carbonyl (C=O) groups is 1. The number of nitrogens with zero attached hydrogens (tertiary/aromatic N) is 2. The molecule has 31 heavy (non-hydrogen) atoms. The minimum Gasteiger partial charge on any atom is -0.433 e. The number of aromatic amines is 1. The van der Waals surface area contributed by atoms with E-state index in [0.717, 1.165) is 12.4 Å². The van der Waals surface area contributed by atoms with Gasteiger partial charge in [0, 0.05) is 35.4 Å². The molecule has 0 aliphatic rings. The first kappa shape index (κ1) is 20.2. The number of anilines is 2. The number of aromatic nitrogens is 3. The minimum absolute atomic E-state index is 0.00642. The van der Waals surface area contributed by atoms with Crippen molar-refractivity contribution in [3.63, 3.8) is 0 Å². The van der Waals surface area contributed by atoms with Crippen LogP contribution in [0.4, 0.5) is 24.7 Å². The van der Waals surface area contributed by atoms with Gasteiger partial charge < -0.3 is 20.4 Å². The zero-order valence-electron chi connectivity index (χ0n) is 16.4. The number of H-pyrrole nitrogens is 1. The zero-order valence-corrected chi connectivity index (χ0v) is 16.4. The highest BCUT2D eigenvalue weighted by atomic mass is 19.1. The van der Waals surface area contributed by atoms with Gasteiger partial charge in [-0.15, -0.1) is 0 Å². The number of nitrogens with one attached hydrogen (secondary N) is 3. The number of fused-ring (bicyclic) bond motifs is 1. The topological polar surface area (TPSA) is 91.9 Å². The van der Waals surface area contributed by atoms with Crippen LogP contribution in [0.15, 0.2) is 42.7 Å². The first-order valence-corrected chi connectivity index (χ1v) is 9.12. The molecule has 0 aliphatic heterocycles. The zero-order chi connectivity index (χ0) is 22.1. The molecule has 0 unspecified atom stereocenters. The van der Waals surface area contributed by atoms with Crippen LogP contribution in [0.2, 0.25) is 0 Å². The van der Waals surface area contributed by atoms with Gasteiger partial charge in [-0.3, -0.25) is 4.79 Å². The lowest BCUT2D eigenvalue weighted by Crippen LogP contribution is -2.17. The lowest BCUT2D eigenvalue weighted by molar-refractivity contribution is 0.0963. The highest BCUT2D eigenvalue weighted by Gasteiger charge is 2.20. The second kappa shape index (κ2) is 7.98. The highest BCUT2D eigenvalue weighted by Crippen LogP contribution is 2.34. The maximum atomic E-state index is 14.9. The monoisotopic (exact) mass is 427 g/mol. The molecule has 10 heteroatoms. The van der Waals surface area contributed by atoms with E-state index in [2.05, 4.69) is 25.6 Å². The summed E-state index contributed by atoms with van der Waals surface area (Å²) in [6, 6.07) is 8.45. The molecule has 2 aromatic heterocycles. The molecule has 3 N–H and O–H groups in total. The molecular weight excluding hydrogens is 411 g/mol. The summed E-state index contributed by atoms with van der Waals surface area (Å²) in [7, 11) is 1.51. The number of benzene rings is 2. The molecular formula is C21H16F3N5O2. The molecule has 4 aromatic rings. The molecule has 7 nitrogen and oxygen atoms in total. The lowest BCUT2D eigenvalue weighted by Gasteiger charge is -2.11. The van der Waals surface area contributed by atoms with Crippen molar-refractivity contribution < 1.29 is 22.7 Å². The van der Waals surface area contributed by atoms with Gasteiger partial charge in [0.2, 0.25) is 5.82 Å². The fraction of sp³-hybridized carbons (Fsp3) is 0.0952. The van der Waals surface area contributed by atoms with Crippen molar-refractivity contribution in [2.45, 2.75) is 6.92 Å². The summed E-state index contributed by atoms with van der Waals surface area (Å²) in [6.45, 7) is 1.66. The van der Waals surface area contributed by atoms with E-state index >= 15 is 0 Å². The minimum atomic E-state index is -0.997. The van der Waals surface area contributed by atoms with E-state index in [9.17, 15) is 18.0 Å². The largest absolute Gasteiger partial charge is 0.433 e. The number of amides is 1. The van der Waals surface area contributed by atoms with Gasteiger partial charge in [0.1, 0.15) is 6.33 Å². The Morgan fingerprint density at radius 2 is 1.81 bits per heavy atom. The van der Waals surface area contributed by atoms with Crippen molar-refractivity contribution >= 4 is 28.3 Å². The third-order valence-electron chi connectivity index (χ3n) is 4.50. The van der Waals surface area contributed by atoms with Gasteiger partial charge in [-0.05, 0) is 37.3 Å². The fourth-order valence-electron chi connectivity index (χ4n) is 3.01. The van der Waals surface area contributed by atoms with Crippen LogP contribution in [0.25, 0.3) is 10.9 Å². The van der Waals surface area contributed by atoms with Gasteiger partial charge in [0.25, 0.3) is 11.8 Å². The molecule has 2 heterocycles. The maximum Gasteiger partial charge on any atom is 0.261 e. The summed E-state index contributed by atoms with van der Waals surface area (Å²) in [6.07, 6.45) is 1.02. The van der Waals surface area contributed by atoms with E-state index in [4.69, 9.17) is 4.74 Å². The number of ether oxygens (including phenoxy) is 1. The van der Waals surface area contributed by atoms with Crippen molar-refractivity contribution in [2.75, 3.05) is 12.4 Å². The first-order valence-electron chi connectivity index (χ1n) is 9.12. The van der Waals surface area contributed by atoms with Gasteiger partial charge in [0.05, 0.1) is 5.52 Å². The quantitative estimate of drug-likeness (QED) is 0.434. The molecule has 0 saturated carbocycles. The molecule has 0 spiro atoms. The van der Waals surface area contributed by atoms with Crippen molar-refractivity contribution in [3.05, 3.63) is 71.4 Å². The second-order valence-electron chi connectivity index (χ2n) is 6.64. The van der Waals surface area contributed by atoms with Crippen LogP contribution in [0, 0.1) is 24.4 Å². The Bertz CT molecular complexity index is 1290. The number of carbonyl (C=O) groups excluding carboxylic acids is 1. The van der Waals surface area contributed by atoms with Crippen molar-refractivity contribution in [1.29, 1.82) is 0 Å². The van der Waals surface area contributed by atoms with Crippen LogP contribution in [-0.4, -0.2) is 27.9 Å². The lowest BCUT2D eigenvalue weighted by atomic mass is 10.2. The molecule has 0 bridgehead atoms. The fourth-order valence-corrected chi connectivity index (χ4v) is 3.01. The third-order valence-corrected chi connectivity index (χ3v) is 4.50. The van der Waals surface area contributed by atoms with Crippen molar-refractivity contribution in [2.24, 2.45) is 0 Å². The Balaban J connectivity index is 1.62. The number of rotatable bonds is 5. The average molecular weight is 427 g/mol. The van der Waals surface area contributed by atoms with Crippen LogP contribution in [0.5, 0.6) is 11.6 Å². The van der Waals surface area contributed by atoms with Gasteiger partial charge in [-0.25, -0.2) is 13.8 Å². The average Bonchev–Trinajstić information content (AvgIpc) is 3.17. The number of halogens is 3. The van der Waals surface area contributed by atoms with E-state index in [1.54, 1.807) is 31.2 Å². The molecule has 0 aliphatic carbocycles. The Kier molecular flexibility index (Phi) is 5.20. The van der Waals surface area contributed by atoms with E-state index in [1.807, 2.05) is 0 Å². The van der Waals surface area contributed by atoms with Gasteiger partial charge in [0.15, 0.2) is 23.2 Å². The molecule has 0 radical (unpaired) electrons. The number of aryl methyl sites for hydroxylation is 1. The Morgan fingerprint density at radius 3 is 2.52 bits per heavy atom. The standard InChI is InChI=1S/C21H16F3N5O2/c1-10-7-13-16(23)15(8-14(22)18(13)28-10)31-21-17(24)19(26-9-27-21)29-12-5-3-11(4-6-12)20(30)25-2/h3-9,28H,1-2H3,(H,25,30)(H,26,27,29). The summed E-state index contributed by atoms with van der Waals surface area (Å²) >= 11 is 0. The molecule has 0 atom stereocenters. The number of hydrogen-bond donors (Lipinski definition) is 3. The SMILES string of the molecule is CNC(=O)c1ccc(Nc2ncnc(Oc3cc(F)c4[nH]c(C)cc4c3F)c2F)cc1. The van der Waals surface area contributed by atoms with Crippen LogP contribution >= 0.6 is 0 Å². The summed E-state index contributed by atoms with van der Waals surface area (Å²) in [5.41, 5.74) is 1.42. The van der Waals surface area contributed by atoms with E-state index in [-0.39, 0.29) is 22.6 Å². The molecule has 1 amide bonds. The van der Waals surface area contributed by atoms with E-state index in [1.165, 1.54) is 13.1 Å². The smallest absolute Gasteiger partial charge is 0.261 e. The summed E-state index contributed by atoms with van der Waals surface area (Å²) in [4.78, 5) is 21.8. The highest BCUT2D eigenvalue weighted by molar-refractivity contribution is 5.94. The first-order chi connectivity index (χ1) is 14.9. The van der Waals surface area contributed by atoms with Crippen LogP contribution in [-0.2, 0) is 0 Å². The Labute approximate surface area is 174 Å². The van der Waals surface area contributed by atoms with E-state index in [0.29, 0.717) is 16.9 Å². The summed E-state index contributed by atoms with van der Waals surface area (Å²) in [5, 5.41) is 5.21. The van der Waals surface area contributed by atoms with Crippen molar-refractivity contribution in [1.82, 2.24) is 20.3 Å². The van der Waals surface area contributed by atoms with Crippen LogP contribution in [0.1, 0.15) is 16.1 Å². The maximum absolute atomic E-state index is 14.9. The molecule has 0 fully saturated rings. The summed E-state index contributed by atoms with van der Waals surface area (Å²) in [5.74, 6) is -4.19. The Morgan fingerprint density at radius 1 is 1.06 bits per heavy atom. The van der Waals surface area contributed by atoms with Gasteiger partial charge in [-0.1, -0.05) is 0 Å². The molecule has 2 aromatic carbocycles. The number of hydrogen-bond acceptors (Lipinski definition) is 5. The van der Waals surface area contributed by atoms with Gasteiger partial charge in [-0.2, -0.15) is 9.37 Å². The molecule has 0 saturated heterocycles. The molecule has 158 valence electrons. The summed E-state index contributed by atoms with van der Waals surface area (Å²) < 4.78 is 49.1.